The molecule has 33 heavy (non-hydrogen) atoms. The zero-order chi connectivity index (χ0) is 23.8. The topological polar surface area (TPSA) is 66.0 Å². The number of fused-ring (bicyclic) bond motifs is 1. The molecule has 1 aromatic heterocycles. The first-order chi connectivity index (χ1) is 15.6. The van der Waals surface area contributed by atoms with Gasteiger partial charge in [-0.2, -0.15) is 5.10 Å². The van der Waals surface area contributed by atoms with E-state index in [1.165, 1.54) is 40.7 Å². The minimum Gasteiger partial charge on any atom is -0.478 e. The van der Waals surface area contributed by atoms with Gasteiger partial charge in [0.1, 0.15) is 0 Å². The largest absolute Gasteiger partial charge is 0.478 e. The molecule has 0 bridgehead atoms. The van der Waals surface area contributed by atoms with E-state index in [4.69, 9.17) is 5.11 Å². The van der Waals surface area contributed by atoms with Gasteiger partial charge in [0.15, 0.2) is 0 Å². The summed E-state index contributed by atoms with van der Waals surface area (Å²) in [6.45, 7) is 11.5. The lowest BCUT2D eigenvalue weighted by molar-refractivity contribution is 0.0697. The predicted octanol–water partition coefficient (Wildman–Crippen LogP) is 6.72. The molecule has 0 fully saturated rings. The Balaban J connectivity index is 1.74. The van der Waals surface area contributed by atoms with Crippen LogP contribution >= 0.6 is 0 Å². The van der Waals surface area contributed by atoms with Crippen LogP contribution in [0.25, 0.3) is 12.2 Å². The molecule has 172 valence electrons. The van der Waals surface area contributed by atoms with E-state index in [0.29, 0.717) is 5.56 Å². The molecule has 0 radical (unpaired) electrons. The standard InChI is InChI=1S/C29H34N2O2/c1-19-24(18-30-31-19)13-12-23-17-26-25(28(2,3)14-15-29(26,4)5)16-22(23)11-8-20-6-9-21(10-7-20)27(32)33/h6-11,16-18H,12-15H2,1-5H3,(H,30,31)(H,32,33). The summed E-state index contributed by atoms with van der Waals surface area (Å²) in [5.41, 5.74) is 9.51. The van der Waals surface area contributed by atoms with E-state index in [9.17, 15) is 4.79 Å². The fraction of sp³-hybridized carbons (Fsp3) is 0.379. The highest BCUT2D eigenvalue weighted by atomic mass is 16.4. The van der Waals surface area contributed by atoms with Crippen LogP contribution in [0.2, 0.25) is 0 Å². The minimum absolute atomic E-state index is 0.149. The van der Waals surface area contributed by atoms with Gasteiger partial charge in [-0.25, -0.2) is 4.79 Å². The monoisotopic (exact) mass is 442 g/mol. The Morgan fingerprint density at radius 1 is 0.970 bits per heavy atom. The van der Waals surface area contributed by atoms with Gasteiger partial charge in [0, 0.05) is 5.69 Å². The molecule has 0 aliphatic heterocycles. The molecule has 0 saturated carbocycles. The number of benzene rings is 2. The van der Waals surface area contributed by atoms with Crippen molar-refractivity contribution in [2.75, 3.05) is 0 Å². The van der Waals surface area contributed by atoms with Gasteiger partial charge in [-0.1, -0.05) is 64.1 Å². The van der Waals surface area contributed by atoms with Crippen LogP contribution in [0.5, 0.6) is 0 Å². The van der Waals surface area contributed by atoms with E-state index < -0.39 is 5.97 Å². The van der Waals surface area contributed by atoms with Crippen molar-refractivity contribution in [1.29, 1.82) is 0 Å². The minimum atomic E-state index is -0.901. The Bertz CT molecular complexity index is 1200. The van der Waals surface area contributed by atoms with Gasteiger partial charge in [-0.3, -0.25) is 5.10 Å². The average Bonchev–Trinajstić information content (AvgIpc) is 3.19. The third-order valence-corrected chi connectivity index (χ3v) is 7.32. The Morgan fingerprint density at radius 3 is 2.15 bits per heavy atom. The molecule has 1 aliphatic rings. The van der Waals surface area contributed by atoms with E-state index in [2.05, 4.69) is 69.1 Å². The molecule has 0 spiro atoms. The number of aryl methyl sites for hydroxylation is 3. The van der Waals surface area contributed by atoms with Gasteiger partial charge < -0.3 is 5.11 Å². The molecular weight excluding hydrogens is 408 g/mol. The molecule has 2 aromatic carbocycles. The van der Waals surface area contributed by atoms with Gasteiger partial charge in [-0.15, -0.1) is 0 Å². The van der Waals surface area contributed by atoms with E-state index in [1.807, 2.05) is 18.3 Å². The van der Waals surface area contributed by atoms with Gasteiger partial charge in [0.2, 0.25) is 0 Å². The van der Waals surface area contributed by atoms with Crippen molar-refractivity contribution in [1.82, 2.24) is 10.2 Å². The van der Waals surface area contributed by atoms with Crippen LogP contribution in [0.4, 0.5) is 0 Å². The molecule has 0 saturated heterocycles. The quantitative estimate of drug-likeness (QED) is 0.416. The van der Waals surface area contributed by atoms with Crippen LogP contribution in [-0.2, 0) is 23.7 Å². The second-order valence-corrected chi connectivity index (χ2v) is 10.6. The van der Waals surface area contributed by atoms with Crippen LogP contribution in [0.1, 0.15) is 90.0 Å². The number of nitrogens with one attached hydrogen (secondary N) is 1. The second kappa shape index (κ2) is 8.66. The zero-order valence-electron chi connectivity index (χ0n) is 20.3. The van der Waals surface area contributed by atoms with Crippen molar-refractivity contribution in [2.24, 2.45) is 0 Å². The Labute approximate surface area is 196 Å². The Hall–Kier alpha value is -3.14. The summed E-state index contributed by atoms with van der Waals surface area (Å²) < 4.78 is 0. The van der Waals surface area contributed by atoms with Crippen molar-refractivity contribution in [3.05, 3.63) is 87.2 Å². The fourth-order valence-electron chi connectivity index (χ4n) is 4.87. The molecule has 3 aromatic rings. The highest BCUT2D eigenvalue weighted by Crippen LogP contribution is 2.46. The van der Waals surface area contributed by atoms with E-state index in [-0.39, 0.29) is 10.8 Å². The first-order valence-electron chi connectivity index (χ1n) is 11.7. The summed E-state index contributed by atoms with van der Waals surface area (Å²) in [6, 6.07) is 11.9. The smallest absolute Gasteiger partial charge is 0.335 e. The summed E-state index contributed by atoms with van der Waals surface area (Å²) in [4.78, 5) is 11.2. The zero-order valence-corrected chi connectivity index (χ0v) is 20.3. The maximum Gasteiger partial charge on any atom is 0.335 e. The van der Waals surface area contributed by atoms with Crippen molar-refractivity contribution in [3.8, 4) is 0 Å². The average molecular weight is 443 g/mol. The van der Waals surface area contributed by atoms with Gasteiger partial charge in [0.05, 0.1) is 11.8 Å². The normalized spacial score (nSPS) is 16.6. The number of carboxylic acids is 1. The van der Waals surface area contributed by atoms with Gasteiger partial charge in [0.25, 0.3) is 0 Å². The van der Waals surface area contributed by atoms with E-state index in [0.717, 1.165) is 24.1 Å². The summed E-state index contributed by atoms with van der Waals surface area (Å²) >= 11 is 0. The van der Waals surface area contributed by atoms with Crippen LogP contribution in [0.3, 0.4) is 0 Å². The Morgan fingerprint density at radius 2 is 1.58 bits per heavy atom. The number of aromatic nitrogens is 2. The highest BCUT2D eigenvalue weighted by molar-refractivity contribution is 5.88. The number of hydrogen-bond donors (Lipinski definition) is 2. The number of carbonyl (C=O) groups is 1. The second-order valence-electron chi connectivity index (χ2n) is 10.6. The van der Waals surface area contributed by atoms with E-state index >= 15 is 0 Å². The SMILES string of the molecule is Cc1[nH]ncc1CCc1cc2c(cc1C=Cc1ccc(C(=O)O)cc1)C(C)(C)CCC2(C)C. The summed E-state index contributed by atoms with van der Waals surface area (Å²) in [6.07, 6.45) is 10.5. The number of nitrogens with zero attached hydrogens (tertiary/aromatic N) is 1. The lowest BCUT2D eigenvalue weighted by Gasteiger charge is -2.42. The van der Waals surface area contributed by atoms with Crippen LogP contribution in [0.15, 0.2) is 42.6 Å². The number of hydrogen-bond acceptors (Lipinski definition) is 2. The molecule has 4 heteroatoms. The van der Waals surface area contributed by atoms with Crippen LogP contribution in [-0.4, -0.2) is 21.3 Å². The molecule has 4 nitrogen and oxygen atoms in total. The van der Waals surface area contributed by atoms with Crippen molar-refractivity contribution < 1.29 is 9.90 Å². The lowest BCUT2D eigenvalue weighted by Crippen LogP contribution is -2.34. The maximum absolute atomic E-state index is 11.2. The van der Waals surface area contributed by atoms with Gasteiger partial charge >= 0.3 is 5.97 Å². The van der Waals surface area contributed by atoms with Crippen molar-refractivity contribution in [3.63, 3.8) is 0 Å². The molecule has 2 N–H and O–H groups in total. The number of carboxylic acid groups (broad SMARTS) is 1. The van der Waals surface area contributed by atoms with Crippen molar-refractivity contribution >= 4 is 18.1 Å². The Kier molecular flexibility index (Phi) is 6.04. The fourth-order valence-corrected chi connectivity index (χ4v) is 4.87. The molecule has 0 unspecified atom stereocenters. The van der Waals surface area contributed by atoms with Crippen LogP contribution < -0.4 is 0 Å². The molecule has 1 aliphatic carbocycles. The predicted molar refractivity (Wildman–Crippen MR) is 135 cm³/mol. The third kappa shape index (κ3) is 4.80. The first-order valence-corrected chi connectivity index (χ1v) is 11.7. The molecule has 0 amide bonds. The van der Waals surface area contributed by atoms with Crippen molar-refractivity contribution in [2.45, 2.75) is 71.1 Å². The summed E-state index contributed by atoms with van der Waals surface area (Å²) in [7, 11) is 0. The van der Waals surface area contributed by atoms with Gasteiger partial charge in [-0.05, 0) is 89.0 Å². The van der Waals surface area contributed by atoms with Crippen LogP contribution in [0, 0.1) is 6.92 Å². The number of H-pyrrole nitrogens is 1. The molecular formula is C29H34N2O2. The van der Waals surface area contributed by atoms with E-state index in [1.54, 1.807) is 12.1 Å². The first kappa shape index (κ1) is 23.0. The highest BCUT2D eigenvalue weighted by Gasteiger charge is 2.37. The molecule has 1 heterocycles. The molecule has 0 atom stereocenters. The maximum atomic E-state index is 11.2. The number of rotatable bonds is 6. The third-order valence-electron chi connectivity index (χ3n) is 7.32. The lowest BCUT2D eigenvalue weighted by atomic mass is 9.62. The number of aromatic carboxylic acids is 1. The number of aromatic amines is 1. The molecule has 4 rings (SSSR count). The summed E-state index contributed by atoms with van der Waals surface area (Å²) in [5, 5.41) is 16.4. The summed E-state index contributed by atoms with van der Waals surface area (Å²) in [5.74, 6) is -0.901.